The van der Waals surface area contributed by atoms with Gasteiger partial charge in [0.25, 0.3) is 0 Å². The zero-order chi connectivity index (χ0) is 14.7. The van der Waals surface area contributed by atoms with Gasteiger partial charge in [0.2, 0.25) is 0 Å². The van der Waals surface area contributed by atoms with Crippen LogP contribution in [0.5, 0.6) is 0 Å². The molecular formula is C14H16N4O2. The molecule has 0 aliphatic heterocycles. The maximum absolute atomic E-state index is 11.4. The van der Waals surface area contributed by atoms with Gasteiger partial charge in [-0.25, -0.2) is 15.6 Å². The second-order valence-corrected chi connectivity index (χ2v) is 4.33. The van der Waals surface area contributed by atoms with E-state index in [0.29, 0.717) is 22.8 Å². The number of carbonyl (C=O) groups is 1. The average Bonchev–Trinajstić information content (AvgIpc) is 2.46. The summed E-state index contributed by atoms with van der Waals surface area (Å²) in [6.45, 7) is 1.90. The number of benzene rings is 1. The molecule has 0 bridgehead atoms. The summed E-state index contributed by atoms with van der Waals surface area (Å²) in [5.41, 5.74) is 8.47. The summed E-state index contributed by atoms with van der Waals surface area (Å²) < 4.78 is 4.64. The molecule has 104 valence electrons. The number of nitrogens with two attached hydrogens (primary N) is 2. The Morgan fingerprint density at radius 3 is 2.50 bits per heavy atom. The number of ether oxygens (including phenoxy) is 1. The highest BCUT2D eigenvalue weighted by molar-refractivity contribution is 5.89. The van der Waals surface area contributed by atoms with Crippen molar-refractivity contribution in [2.75, 3.05) is 17.9 Å². The van der Waals surface area contributed by atoms with Gasteiger partial charge in [0.15, 0.2) is 5.82 Å². The summed E-state index contributed by atoms with van der Waals surface area (Å²) in [5.74, 6) is 6.06. The Hall–Kier alpha value is -2.60. The maximum atomic E-state index is 11.4. The minimum Gasteiger partial charge on any atom is -0.465 e. The van der Waals surface area contributed by atoms with Crippen molar-refractivity contribution in [3.63, 3.8) is 0 Å². The van der Waals surface area contributed by atoms with E-state index in [1.54, 1.807) is 36.5 Å². The van der Waals surface area contributed by atoms with Crippen LogP contribution in [0.2, 0.25) is 0 Å². The molecule has 0 radical (unpaired) electrons. The molecule has 2 rings (SSSR count). The third-order valence-electron chi connectivity index (χ3n) is 2.83. The normalized spacial score (nSPS) is 10.2. The number of hydrogen-bond donors (Lipinski definition) is 2. The number of hydrazine groups is 1. The van der Waals surface area contributed by atoms with Gasteiger partial charge in [-0.1, -0.05) is 0 Å². The van der Waals surface area contributed by atoms with E-state index >= 15 is 0 Å². The third-order valence-corrected chi connectivity index (χ3v) is 2.83. The first-order valence-electron chi connectivity index (χ1n) is 5.98. The molecule has 1 aromatic heterocycles. The summed E-state index contributed by atoms with van der Waals surface area (Å²) >= 11 is 0. The smallest absolute Gasteiger partial charge is 0.337 e. The molecule has 0 amide bonds. The number of hydrogen-bond acceptors (Lipinski definition) is 6. The minimum absolute atomic E-state index is 0.395. The van der Waals surface area contributed by atoms with Gasteiger partial charge in [0.05, 0.1) is 24.0 Å². The topological polar surface area (TPSA) is 94.5 Å². The van der Waals surface area contributed by atoms with Crippen LogP contribution in [0.4, 0.5) is 17.2 Å². The van der Waals surface area contributed by atoms with E-state index in [-0.39, 0.29) is 0 Å². The molecule has 20 heavy (non-hydrogen) atoms. The number of pyridine rings is 1. The molecule has 0 spiro atoms. The Labute approximate surface area is 116 Å². The summed E-state index contributed by atoms with van der Waals surface area (Å²) in [6.07, 6.45) is 1.69. The van der Waals surface area contributed by atoms with Gasteiger partial charge >= 0.3 is 5.97 Å². The fourth-order valence-electron chi connectivity index (χ4n) is 1.78. The summed E-state index contributed by atoms with van der Waals surface area (Å²) in [5, 5.41) is 1.37. The molecule has 6 nitrogen and oxygen atoms in total. The fourth-order valence-corrected chi connectivity index (χ4v) is 1.78. The number of nitrogen functional groups attached to an aromatic ring is 1. The van der Waals surface area contributed by atoms with Crippen LogP contribution in [-0.2, 0) is 4.74 Å². The monoisotopic (exact) mass is 272 g/mol. The molecule has 2 aromatic rings. The fraction of sp³-hybridized carbons (Fsp3) is 0.143. The maximum Gasteiger partial charge on any atom is 0.337 e. The molecule has 0 aliphatic carbocycles. The lowest BCUT2D eigenvalue weighted by atomic mass is 10.2. The standard InChI is InChI=1S/C14H16N4O2/c1-9-7-12(15)13(17-8-9)18(16)11-5-3-10(4-6-11)14(19)20-2/h3-8H,15-16H2,1-2H3. The molecule has 0 aliphatic rings. The van der Waals surface area contributed by atoms with E-state index in [0.717, 1.165) is 5.56 Å². The largest absolute Gasteiger partial charge is 0.465 e. The second kappa shape index (κ2) is 5.58. The molecule has 0 saturated heterocycles. The highest BCUT2D eigenvalue weighted by Crippen LogP contribution is 2.25. The van der Waals surface area contributed by atoms with Crippen LogP contribution in [-0.4, -0.2) is 18.1 Å². The number of carbonyl (C=O) groups excluding carboxylic acids is 1. The molecule has 4 N–H and O–H groups in total. The summed E-state index contributed by atoms with van der Waals surface area (Å²) in [6, 6.07) is 8.46. The Morgan fingerprint density at radius 1 is 1.30 bits per heavy atom. The molecule has 0 atom stereocenters. The van der Waals surface area contributed by atoms with Crippen LogP contribution in [0.15, 0.2) is 36.5 Å². The molecule has 1 heterocycles. The van der Waals surface area contributed by atoms with E-state index in [1.165, 1.54) is 12.1 Å². The van der Waals surface area contributed by atoms with Crippen molar-refractivity contribution in [2.45, 2.75) is 6.92 Å². The predicted octanol–water partition coefficient (Wildman–Crippen LogP) is 1.77. The highest BCUT2D eigenvalue weighted by atomic mass is 16.5. The van der Waals surface area contributed by atoms with Crippen LogP contribution >= 0.6 is 0 Å². The van der Waals surface area contributed by atoms with Crippen molar-refractivity contribution in [1.29, 1.82) is 0 Å². The van der Waals surface area contributed by atoms with Crippen molar-refractivity contribution in [2.24, 2.45) is 5.84 Å². The van der Waals surface area contributed by atoms with Gasteiger partial charge < -0.3 is 10.5 Å². The Kier molecular flexibility index (Phi) is 3.86. The SMILES string of the molecule is COC(=O)c1ccc(N(N)c2ncc(C)cc2N)cc1. The molecule has 0 saturated carbocycles. The number of aryl methyl sites for hydroxylation is 1. The van der Waals surface area contributed by atoms with Crippen LogP contribution in [0.1, 0.15) is 15.9 Å². The Balaban J connectivity index is 2.29. The van der Waals surface area contributed by atoms with Gasteiger partial charge in [-0.2, -0.15) is 0 Å². The highest BCUT2D eigenvalue weighted by Gasteiger charge is 2.11. The van der Waals surface area contributed by atoms with Crippen molar-refractivity contribution >= 4 is 23.2 Å². The van der Waals surface area contributed by atoms with E-state index in [9.17, 15) is 4.79 Å². The quantitative estimate of drug-likeness (QED) is 0.502. The van der Waals surface area contributed by atoms with Gasteiger partial charge in [-0.15, -0.1) is 0 Å². The Morgan fingerprint density at radius 2 is 1.95 bits per heavy atom. The van der Waals surface area contributed by atoms with Crippen molar-refractivity contribution < 1.29 is 9.53 Å². The minimum atomic E-state index is -0.395. The lowest BCUT2D eigenvalue weighted by Gasteiger charge is -2.19. The number of rotatable bonds is 3. The second-order valence-electron chi connectivity index (χ2n) is 4.33. The zero-order valence-corrected chi connectivity index (χ0v) is 11.3. The van der Waals surface area contributed by atoms with Crippen LogP contribution < -0.4 is 16.6 Å². The van der Waals surface area contributed by atoms with Crippen molar-refractivity contribution in [3.8, 4) is 0 Å². The first-order valence-corrected chi connectivity index (χ1v) is 5.98. The van der Waals surface area contributed by atoms with Crippen LogP contribution in [0, 0.1) is 6.92 Å². The summed E-state index contributed by atoms with van der Waals surface area (Å²) in [4.78, 5) is 15.6. The first-order chi connectivity index (χ1) is 9.52. The van der Waals surface area contributed by atoms with Crippen molar-refractivity contribution in [3.05, 3.63) is 47.7 Å². The lowest BCUT2D eigenvalue weighted by Crippen LogP contribution is -2.27. The number of esters is 1. The van der Waals surface area contributed by atoms with Crippen molar-refractivity contribution in [1.82, 2.24) is 4.98 Å². The Bertz CT molecular complexity index is 626. The van der Waals surface area contributed by atoms with Gasteiger partial charge in [-0.3, -0.25) is 5.01 Å². The van der Waals surface area contributed by atoms with Crippen LogP contribution in [0.25, 0.3) is 0 Å². The molecule has 1 aromatic carbocycles. The lowest BCUT2D eigenvalue weighted by molar-refractivity contribution is 0.0601. The van der Waals surface area contributed by atoms with Gasteiger partial charge in [0.1, 0.15) is 0 Å². The van der Waals surface area contributed by atoms with Gasteiger partial charge in [-0.05, 0) is 42.8 Å². The number of methoxy groups -OCH3 is 1. The molecular weight excluding hydrogens is 256 g/mol. The number of anilines is 3. The first kappa shape index (κ1) is 13.8. The molecule has 0 fully saturated rings. The predicted molar refractivity (Wildman–Crippen MR) is 77.5 cm³/mol. The third kappa shape index (κ3) is 2.70. The van der Waals surface area contributed by atoms with E-state index in [4.69, 9.17) is 11.6 Å². The molecule has 6 heteroatoms. The average molecular weight is 272 g/mol. The van der Waals surface area contributed by atoms with Gasteiger partial charge in [0, 0.05) is 6.20 Å². The number of nitrogens with zero attached hydrogens (tertiary/aromatic N) is 2. The number of aromatic nitrogens is 1. The van der Waals surface area contributed by atoms with E-state index in [2.05, 4.69) is 9.72 Å². The molecule has 0 unspecified atom stereocenters. The summed E-state index contributed by atoms with van der Waals surface area (Å²) in [7, 11) is 1.34. The van der Waals surface area contributed by atoms with E-state index in [1.807, 2.05) is 6.92 Å². The van der Waals surface area contributed by atoms with E-state index < -0.39 is 5.97 Å². The van der Waals surface area contributed by atoms with Crippen LogP contribution in [0.3, 0.4) is 0 Å². The zero-order valence-electron chi connectivity index (χ0n) is 11.3.